The molecule has 0 amide bonds. The molecular formula is C9H16N2. The minimum Gasteiger partial charge on any atom is -0.405 e. The van der Waals surface area contributed by atoms with Gasteiger partial charge in [-0.25, -0.2) is 0 Å². The zero-order chi connectivity index (χ0) is 8.32. The molecule has 0 atom stereocenters. The van der Waals surface area contributed by atoms with Gasteiger partial charge in [-0.1, -0.05) is 6.92 Å². The van der Waals surface area contributed by atoms with Crippen molar-refractivity contribution in [1.29, 1.82) is 5.41 Å². The molecule has 0 bridgehead atoms. The second kappa shape index (κ2) is 3.07. The fraction of sp³-hybridized carbons (Fsp3) is 0.667. The summed E-state index contributed by atoms with van der Waals surface area (Å²) in [5.74, 6) is 0. The Morgan fingerprint density at radius 1 is 1.64 bits per heavy atom. The summed E-state index contributed by atoms with van der Waals surface area (Å²) in [5.41, 5.74) is 6.38. The summed E-state index contributed by atoms with van der Waals surface area (Å²) in [6, 6.07) is 0. The van der Waals surface area contributed by atoms with Crippen molar-refractivity contribution in [1.82, 2.24) is 0 Å². The lowest BCUT2D eigenvalue weighted by Crippen LogP contribution is -1.99. The highest BCUT2D eigenvalue weighted by molar-refractivity contribution is 5.92. The Balaban J connectivity index is 2.16. The van der Waals surface area contributed by atoms with Crippen LogP contribution in [0.15, 0.2) is 12.3 Å². The first-order chi connectivity index (χ1) is 5.16. The number of nitrogens with two attached hydrogens (primary N) is 1. The quantitative estimate of drug-likeness (QED) is 0.595. The molecule has 2 nitrogen and oxygen atoms in total. The molecule has 62 valence electrons. The van der Waals surface area contributed by atoms with Crippen molar-refractivity contribution in [2.75, 3.05) is 0 Å². The van der Waals surface area contributed by atoms with Crippen molar-refractivity contribution in [3.05, 3.63) is 12.3 Å². The molecule has 0 heterocycles. The number of hydrogen-bond acceptors (Lipinski definition) is 2. The molecule has 0 aliphatic heterocycles. The lowest BCUT2D eigenvalue weighted by Gasteiger charge is -2.05. The maximum Gasteiger partial charge on any atom is 0.0328 e. The van der Waals surface area contributed by atoms with Gasteiger partial charge in [-0.05, 0) is 43.4 Å². The molecule has 0 aromatic rings. The van der Waals surface area contributed by atoms with Crippen molar-refractivity contribution in [2.24, 2.45) is 11.1 Å². The average Bonchev–Trinajstić information content (AvgIpc) is 2.66. The predicted molar refractivity (Wildman–Crippen MR) is 47.6 cm³/mol. The highest BCUT2D eigenvalue weighted by atomic mass is 14.5. The molecule has 1 saturated carbocycles. The molecule has 3 N–H and O–H groups in total. The molecule has 1 fully saturated rings. The molecule has 1 aliphatic rings. The van der Waals surface area contributed by atoms with Gasteiger partial charge in [-0.15, -0.1) is 0 Å². The maximum absolute atomic E-state index is 7.43. The van der Waals surface area contributed by atoms with Crippen LogP contribution >= 0.6 is 0 Å². The van der Waals surface area contributed by atoms with Crippen molar-refractivity contribution < 1.29 is 0 Å². The van der Waals surface area contributed by atoms with E-state index in [1.807, 2.05) is 0 Å². The van der Waals surface area contributed by atoms with Gasteiger partial charge in [-0.3, -0.25) is 0 Å². The van der Waals surface area contributed by atoms with Gasteiger partial charge in [0.15, 0.2) is 0 Å². The van der Waals surface area contributed by atoms with Gasteiger partial charge in [0.2, 0.25) is 0 Å². The Labute approximate surface area is 68.0 Å². The molecule has 0 aromatic heterocycles. The lowest BCUT2D eigenvalue weighted by molar-refractivity contribution is 0.532. The highest BCUT2D eigenvalue weighted by Gasteiger charge is 2.36. The second-order valence-corrected chi connectivity index (χ2v) is 3.70. The SMILES string of the molecule is CC1(CCC(=N)/C=C\N)CC1. The summed E-state index contributed by atoms with van der Waals surface area (Å²) >= 11 is 0. The van der Waals surface area contributed by atoms with E-state index >= 15 is 0 Å². The summed E-state index contributed by atoms with van der Waals surface area (Å²) in [4.78, 5) is 0. The molecule has 1 aliphatic carbocycles. The summed E-state index contributed by atoms with van der Waals surface area (Å²) in [6.45, 7) is 2.28. The Morgan fingerprint density at radius 3 is 2.73 bits per heavy atom. The van der Waals surface area contributed by atoms with Crippen molar-refractivity contribution in [2.45, 2.75) is 32.6 Å². The molecule has 0 unspecified atom stereocenters. The van der Waals surface area contributed by atoms with Crippen LogP contribution in [0.5, 0.6) is 0 Å². The predicted octanol–water partition coefficient (Wildman–Crippen LogP) is 2.06. The molecule has 0 radical (unpaired) electrons. The third-order valence-electron chi connectivity index (χ3n) is 2.40. The normalized spacial score (nSPS) is 20.5. The van der Waals surface area contributed by atoms with E-state index in [0.29, 0.717) is 11.1 Å². The van der Waals surface area contributed by atoms with Gasteiger partial charge >= 0.3 is 0 Å². The van der Waals surface area contributed by atoms with Crippen LogP contribution in [0, 0.1) is 10.8 Å². The standard InChI is InChI=1S/C9H16N2/c1-9(5-6-9)4-2-8(11)3-7-10/h3,7,11H,2,4-6,10H2,1H3/b7-3-,11-8?. The highest BCUT2D eigenvalue weighted by Crippen LogP contribution is 2.48. The van der Waals surface area contributed by atoms with Gasteiger partial charge in [-0.2, -0.15) is 0 Å². The molecule has 0 saturated heterocycles. The minimum atomic E-state index is 0.564. The van der Waals surface area contributed by atoms with Crippen LogP contribution in [0.3, 0.4) is 0 Å². The minimum absolute atomic E-state index is 0.564. The van der Waals surface area contributed by atoms with Gasteiger partial charge in [0, 0.05) is 5.71 Å². The van der Waals surface area contributed by atoms with Crippen molar-refractivity contribution in [3.63, 3.8) is 0 Å². The van der Waals surface area contributed by atoms with E-state index in [9.17, 15) is 0 Å². The third kappa shape index (κ3) is 2.74. The largest absolute Gasteiger partial charge is 0.405 e. The van der Waals surface area contributed by atoms with E-state index in [1.54, 1.807) is 6.08 Å². The van der Waals surface area contributed by atoms with Crippen molar-refractivity contribution in [3.8, 4) is 0 Å². The first-order valence-electron chi connectivity index (χ1n) is 4.12. The summed E-state index contributed by atoms with van der Waals surface area (Å²) in [7, 11) is 0. The summed E-state index contributed by atoms with van der Waals surface area (Å²) in [5, 5.41) is 7.43. The zero-order valence-corrected chi connectivity index (χ0v) is 7.06. The molecule has 11 heavy (non-hydrogen) atoms. The Kier molecular flexibility index (Phi) is 2.32. The smallest absolute Gasteiger partial charge is 0.0328 e. The molecule has 2 heteroatoms. The maximum atomic E-state index is 7.43. The molecule has 0 aromatic carbocycles. The van der Waals surface area contributed by atoms with Crippen LogP contribution in [0.1, 0.15) is 32.6 Å². The number of allylic oxidation sites excluding steroid dienone is 1. The molecular weight excluding hydrogens is 136 g/mol. The van der Waals surface area contributed by atoms with Gasteiger partial charge in [0.05, 0.1) is 0 Å². The first kappa shape index (κ1) is 8.31. The Hall–Kier alpha value is -0.790. The second-order valence-electron chi connectivity index (χ2n) is 3.70. The van der Waals surface area contributed by atoms with E-state index in [0.717, 1.165) is 12.8 Å². The van der Waals surface area contributed by atoms with Crippen LogP contribution in [-0.2, 0) is 0 Å². The van der Waals surface area contributed by atoms with E-state index < -0.39 is 0 Å². The topological polar surface area (TPSA) is 49.9 Å². The summed E-state index contributed by atoms with van der Waals surface area (Å²) < 4.78 is 0. The Morgan fingerprint density at radius 2 is 2.27 bits per heavy atom. The van der Waals surface area contributed by atoms with Crippen LogP contribution in [0.4, 0.5) is 0 Å². The zero-order valence-electron chi connectivity index (χ0n) is 7.06. The fourth-order valence-electron chi connectivity index (χ4n) is 1.10. The van der Waals surface area contributed by atoms with E-state index in [-0.39, 0.29) is 0 Å². The molecule has 0 spiro atoms. The summed E-state index contributed by atoms with van der Waals surface area (Å²) in [6.07, 6.45) is 7.82. The van der Waals surface area contributed by atoms with Gasteiger partial charge < -0.3 is 11.1 Å². The average molecular weight is 152 g/mol. The van der Waals surface area contributed by atoms with Crippen LogP contribution in [0.2, 0.25) is 0 Å². The fourth-order valence-corrected chi connectivity index (χ4v) is 1.10. The van der Waals surface area contributed by atoms with Crippen LogP contribution < -0.4 is 5.73 Å². The van der Waals surface area contributed by atoms with E-state index in [2.05, 4.69) is 6.92 Å². The van der Waals surface area contributed by atoms with Gasteiger partial charge in [0.25, 0.3) is 0 Å². The van der Waals surface area contributed by atoms with Crippen LogP contribution in [-0.4, -0.2) is 5.71 Å². The third-order valence-corrected chi connectivity index (χ3v) is 2.40. The van der Waals surface area contributed by atoms with E-state index in [1.165, 1.54) is 19.0 Å². The Bertz CT molecular complexity index is 178. The first-order valence-corrected chi connectivity index (χ1v) is 4.12. The van der Waals surface area contributed by atoms with Gasteiger partial charge in [0.1, 0.15) is 0 Å². The van der Waals surface area contributed by atoms with Crippen molar-refractivity contribution >= 4 is 5.71 Å². The number of nitrogens with one attached hydrogen (secondary N) is 1. The van der Waals surface area contributed by atoms with E-state index in [4.69, 9.17) is 11.1 Å². The monoisotopic (exact) mass is 152 g/mol. The van der Waals surface area contributed by atoms with Crippen LogP contribution in [0.25, 0.3) is 0 Å². The number of rotatable bonds is 4. The molecule has 1 rings (SSSR count). The number of hydrogen-bond donors (Lipinski definition) is 2. The lowest BCUT2D eigenvalue weighted by atomic mass is 10.0.